The van der Waals surface area contributed by atoms with Crippen molar-refractivity contribution in [3.63, 3.8) is 0 Å². The van der Waals surface area contributed by atoms with E-state index in [9.17, 15) is 9.18 Å². The number of ketones is 1. The summed E-state index contributed by atoms with van der Waals surface area (Å²) < 4.78 is 13.0. The van der Waals surface area contributed by atoms with Gasteiger partial charge in [0.05, 0.1) is 0 Å². The molecule has 0 heterocycles. The molecule has 1 rings (SSSR count). The first-order valence-corrected chi connectivity index (χ1v) is 5.27. The Hall–Kier alpha value is -0.450. The number of benzene rings is 1. The lowest BCUT2D eigenvalue weighted by Gasteiger charge is -2.02. The van der Waals surface area contributed by atoms with Gasteiger partial charge in [-0.3, -0.25) is 4.79 Å². The number of hydrogen-bond acceptors (Lipinski definition) is 1. The number of hydrogen-bond donors (Lipinski definition) is 0. The van der Waals surface area contributed by atoms with Gasteiger partial charge in [0.1, 0.15) is 5.82 Å². The minimum atomic E-state index is -0.355. The molecule has 0 unspecified atom stereocenters. The summed E-state index contributed by atoms with van der Waals surface area (Å²) >= 11 is 2.18. The highest BCUT2D eigenvalue weighted by atomic mass is 127. The van der Waals surface area contributed by atoms with E-state index in [-0.39, 0.29) is 15.5 Å². The van der Waals surface area contributed by atoms with Gasteiger partial charge in [0, 0.05) is 15.9 Å². The molecule has 1 aromatic rings. The first-order chi connectivity index (χ1) is 6.09. The Morgan fingerprint density at radius 2 is 2.31 bits per heavy atom. The van der Waals surface area contributed by atoms with Gasteiger partial charge in [0.2, 0.25) is 0 Å². The maximum absolute atomic E-state index is 12.7. The Balaban J connectivity index is 2.77. The van der Waals surface area contributed by atoms with Gasteiger partial charge in [0.15, 0.2) is 5.78 Å². The zero-order chi connectivity index (χ0) is 9.84. The molecule has 3 heteroatoms. The summed E-state index contributed by atoms with van der Waals surface area (Å²) in [5.74, 6) is -0.353. The van der Waals surface area contributed by atoms with Crippen LogP contribution in [0.5, 0.6) is 0 Å². The molecular formula is C10H10FIO. The van der Waals surface area contributed by atoms with E-state index in [4.69, 9.17) is 0 Å². The Bertz CT molecular complexity index is 310. The van der Waals surface area contributed by atoms with Gasteiger partial charge in [-0.15, -0.1) is 0 Å². The van der Waals surface area contributed by atoms with Crippen LogP contribution < -0.4 is 0 Å². The first-order valence-electron chi connectivity index (χ1n) is 4.02. The fraction of sp³-hybridized carbons (Fsp3) is 0.300. The zero-order valence-electron chi connectivity index (χ0n) is 7.26. The van der Waals surface area contributed by atoms with Gasteiger partial charge in [-0.25, -0.2) is 4.39 Å². The van der Waals surface area contributed by atoms with E-state index in [2.05, 4.69) is 22.6 Å². The molecule has 0 bridgehead atoms. The number of halogens is 2. The van der Waals surface area contributed by atoms with Crippen molar-refractivity contribution in [1.29, 1.82) is 0 Å². The van der Waals surface area contributed by atoms with Crippen molar-refractivity contribution in [2.45, 2.75) is 17.3 Å². The summed E-state index contributed by atoms with van der Waals surface area (Å²) in [4.78, 5) is 11.4. The molecule has 70 valence electrons. The average molecular weight is 292 g/mol. The molecule has 1 aromatic carbocycles. The van der Waals surface area contributed by atoms with Gasteiger partial charge in [-0.2, -0.15) is 0 Å². The van der Waals surface area contributed by atoms with Crippen LogP contribution in [0.15, 0.2) is 24.3 Å². The van der Waals surface area contributed by atoms with Crippen LogP contribution in [0.3, 0.4) is 0 Å². The predicted molar refractivity (Wildman–Crippen MR) is 58.8 cm³/mol. The monoisotopic (exact) mass is 292 g/mol. The number of carbonyl (C=O) groups excluding carboxylic acids is 1. The standard InChI is InChI=1S/C10H10FIO/c1-7(12)5-10(13)8-3-2-4-9(11)6-8/h2-4,6-7H,5H2,1H3/t7-/m1/s1. The second-order valence-electron chi connectivity index (χ2n) is 2.92. The Kier molecular flexibility index (Phi) is 3.84. The maximum atomic E-state index is 12.7. The molecule has 0 spiro atoms. The van der Waals surface area contributed by atoms with Gasteiger partial charge in [-0.05, 0) is 12.1 Å². The van der Waals surface area contributed by atoms with Crippen LogP contribution in [0.1, 0.15) is 23.7 Å². The Morgan fingerprint density at radius 3 is 2.85 bits per heavy atom. The summed E-state index contributed by atoms with van der Waals surface area (Å²) in [5.41, 5.74) is 0.462. The topological polar surface area (TPSA) is 17.1 Å². The van der Waals surface area contributed by atoms with Crippen LogP contribution in [0.25, 0.3) is 0 Å². The van der Waals surface area contributed by atoms with Gasteiger partial charge in [0.25, 0.3) is 0 Å². The van der Waals surface area contributed by atoms with Crippen molar-refractivity contribution in [2.24, 2.45) is 0 Å². The predicted octanol–water partition coefficient (Wildman–Crippen LogP) is 3.22. The van der Waals surface area contributed by atoms with Crippen molar-refractivity contribution in [2.75, 3.05) is 0 Å². The van der Waals surface area contributed by atoms with Crippen LogP contribution in [0.4, 0.5) is 4.39 Å². The fourth-order valence-corrected chi connectivity index (χ4v) is 1.44. The largest absolute Gasteiger partial charge is 0.294 e. The molecule has 0 aliphatic rings. The van der Waals surface area contributed by atoms with Crippen molar-refractivity contribution in [3.8, 4) is 0 Å². The van der Waals surface area contributed by atoms with Gasteiger partial charge in [-0.1, -0.05) is 41.6 Å². The molecule has 13 heavy (non-hydrogen) atoms. The van der Waals surface area contributed by atoms with E-state index in [1.54, 1.807) is 12.1 Å². The van der Waals surface area contributed by atoms with Crippen LogP contribution in [-0.2, 0) is 0 Å². The summed E-state index contributed by atoms with van der Waals surface area (Å²) in [6, 6.07) is 5.82. The smallest absolute Gasteiger partial charge is 0.164 e. The van der Waals surface area contributed by atoms with Crippen LogP contribution in [-0.4, -0.2) is 9.71 Å². The van der Waals surface area contributed by atoms with Crippen molar-refractivity contribution in [3.05, 3.63) is 35.6 Å². The van der Waals surface area contributed by atoms with E-state index in [1.165, 1.54) is 12.1 Å². The third kappa shape index (κ3) is 3.42. The van der Waals surface area contributed by atoms with E-state index in [0.717, 1.165) is 0 Å². The third-order valence-electron chi connectivity index (χ3n) is 1.61. The third-order valence-corrected chi connectivity index (χ3v) is 2.05. The molecule has 0 aliphatic heterocycles. The summed E-state index contributed by atoms with van der Waals surface area (Å²) in [5, 5.41) is 0. The molecule has 0 radical (unpaired) electrons. The second-order valence-corrected chi connectivity index (χ2v) is 5.04. The van der Waals surface area contributed by atoms with Crippen molar-refractivity contribution < 1.29 is 9.18 Å². The molecule has 0 saturated carbocycles. The van der Waals surface area contributed by atoms with E-state index in [0.29, 0.717) is 12.0 Å². The van der Waals surface area contributed by atoms with Gasteiger partial charge >= 0.3 is 0 Å². The Labute approximate surface area is 90.5 Å². The maximum Gasteiger partial charge on any atom is 0.164 e. The first kappa shape index (κ1) is 10.6. The fourth-order valence-electron chi connectivity index (χ4n) is 1.04. The molecule has 0 aliphatic carbocycles. The number of carbonyl (C=O) groups is 1. The van der Waals surface area contributed by atoms with E-state index >= 15 is 0 Å². The summed E-state index contributed by atoms with van der Waals surface area (Å²) in [6.07, 6.45) is 0.462. The summed E-state index contributed by atoms with van der Waals surface area (Å²) in [6.45, 7) is 1.96. The summed E-state index contributed by atoms with van der Waals surface area (Å²) in [7, 11) is 0. The number of Topliss-reactive ketones (excluding diaryl/α,β-unsaturated/α-hetero) is 1. The average Bonchev–Trinajstić information content (AvgIpc) is 2.03. The molecular weight excluding hydrogens is 282 g/mol. The molecule has 0 amide bonds. The van der Waals surface area contributed by atoms with Gasteiger partial charge < -0.3 is 0 Å². The lowest BCUT2D eigenvalue weighted by Crippen LogP contribution is -2.04. The highest BCUT2D eigenvalue weighted by molar-refractivity contribution is 14.1. The quantitative estimate of drug-likeness (QED) is 0.475. The van der Waals surface area contributed by atoms with Crippen molar-refractivity contribution >= 4 is 28.4 Å². The molecule has 0 N–H and O–H groups in total. The SMILES string of the molecule is C[C@@H](I)CC(=O)c1cccc(F)c1. The lowest BCUT2D eigenvalue weighted by atomic mass is 10.1. The molecule has 1 nitrogen and oxygen atoms in total. The number of alkyl halides is 1. The zero-order valence-corrected chi connectivity index (χ0v) is 9.42. The van der Waals surface area contributed by atoms with E-state index in [1.807, 2.05) is 6.92 Å². The molecule has 0 fully saturated rings. The van der Waals surface area contributed by atoms with Crippen LogP contribution >= 0.6 is 22.6 Å². The molecule has 0 aromatic heterocycles. The Morgan fingerprint density at radius 1 is 1.62 bits per heavy atom. The van der Waals surface area contributed by atoms with E-state index < -0.39 is 0 Å². The minimum absolute atomic E-state index is 0.00130. The molecule has 0 saturated heterocycles. The normalized spacial score (nSPS) is 12.5. The second kappa shape index (κ2) is 4.69. The van der Waals surface area contributed by atoms with Crippen LogP contribution in [0, 0.1) is 5.82 Å². The van der Waals surface area contributed by atoms with Crippen LogP contribution in [0.2, 0.25) is 0 Å². The molecule has 1 atom stereocenters. The highest BCUT2D eigenvalue weighted by Gasteiger charge is 2.08. The minimum Gasteiger partial charge on any atom is -0.294 e. The van der Waals surface area contributed by atoms with Crippen molar-refractivity contribution in [1.82, 2.24) is 0 Å². The highest BCUT2D eigenvalue weighted by Crippen LogP contribution is 2.11. The lowest BCUT2D eigenvalue weighted by molar-refractivity contribution is 0.0984. The number of rotatable bonds is 3.